The van der Waals surface area contributed by atoms with E-state index in [2.05, 4.69) is 41.8 Å². The molecule has 0 spiro atoms. The molecular formula is C11H7Br2ClN2O2. The Morgan fingerprint density at radius 3 is 2.78 bits per heavy atom. The molecule has 0 unspecified atom stereocenters. The van der Waals surface area contributed by atoms with Crippen LogP contribution in [-0.2, 0) is 4.74 Å². The molecule has 0 N–H and O–H groups in total. The summed E-state index contributed by atoms with van der Waals surface area (Å²) in [6.07, 6.45) is 0. The lowest BCUT2D eigenvalue weighted by Crippen LogP contribution is -2.10. The van der Waals surface area contributed by atoms with E-state index in [-0.39, 0.29) is 17.6 Å². The van der Waals surface area contributed by atoms with Gasteiger partial charge >= 0.3 is 5.97 Å². The standard InChI is InChI=1S/C11H7Br2ClN2O2/c1-2-18-11(17)10-15-8-6(9(14)16-10)3-5(12)4-7(8)13/h3-4H,2H2,1H3. The van der Waals surface area contributed by atoms with Crippen LogP contribution in [0.3, 0.4) is 0 Å². The molecular weight excluding hydrogens is 387 g/mol. The number of nitrogens with zero attached hydrogens (tertiary/aromatic N) is 2. The zero-order valence-electron chi connectivity index (χ0n) is 9.21. The van der Waals surface area contributed by atoms with E-state index in [0.717, 1.165) is 8.95 Å². The molecule has 7 heteroatoms. The Bertz CT molecular complexity index is 634. The molecule has 0 bridgehead atoms. The Hall–Kier alpha value is -0.720. The number of benzene rings is 1. The topological polar surface area (TPSA) is 52.1 Å². The lowest BCUT2D eigenvalue weighted by atomic mass is 10.2. The van der Waals surface area contributed by atoms with Gasteiger partial charge in [0.2, 0.25) is 5.82 Å². The fraction of sp³-hybridized carbons (Fsp3) is 0.182. The summed E-state index contributed by atoms with van der Waals surface area (Å²) in [4.78, 5) is 19.7. The highest BCUT2D eigenvalue weighted by Gasteiger charge is 2.16. The fourth-order valence-corrected chi connectivity index (χ4v) is 2.95. The molecule has 1 heterocycles. The molecule has 1 aromatic heterocycles. The third kappa shape index (κ3) is 2.65. The van der Waals surface area contributed by atoms with Crippen LogP contribution >= 0.6 is 43.5 Å². The van der Waals surface area contributed by atoms with E-state index in [9.17, 15) is 4.79 Å². The van der Waals surface area contributed by atoms with Crippen molar-refractivity contribution in [2.75, 3.05) is 6.61 Å². The highest BCUT2D eigenvalue weighted by Crippen LogP contribution is 2.30. The van der Waals surface area contributed by atoms with Gasteiger partial charge in [0.15, 0.2) is 0 Å². The van der Waals surface area contributed by atoms with E-state index in [1.807, 2.05) is 6.07 Å². The van der Waals surface area contributed by atoms with Crippen molar-refractivity contribution in [3.05, 3.63) is 32.1 Å². The molecule has 2 aromatic rings. The van der Waals surface area contributed by atoms with Gasteiger partial charge in [-0.2, -0.15) is 0 Å². The second-order valence-electron chi connectivity index (χ2n) is 3.34. The predicted octanol–water partition coefficient (Wildman–Crippen LogP) is 3.98. The van der Waals surface area contributed by atoms with Crippen molar-refractivity contribution >= 4 is 60.3 Å². The first-order chi connectivity index (χ1) is 8.52. The lowest BCUT2D eigenvalue weighted by Gasteiger charge is -2.06. The maximum absolute atomic E-state index is 11.6. The van der Waals surface area contributed by atoms with Crippen LogP contribution in [0.4, 0.5) is 0 Å². The summed E-state index contributed by atoms with van der Waals surface area (Å²) < 4.78 is 6.42. The number of halogens is 3. The average Bonchev–Trinajstić information content (AvgIpc) is 2.30. The number of hydrogen-bond donors (Lipinski definition) is 0. The van der Waals surface area contributed by atoms with Crippen molar-refractivity contribution in [2.24, 2.45) is 0 Å². The van der Waals surface area contributed by atoms with Gasteiger partial charge in [-0.15, -0.1) is 0 Å². The van der Waals surface area contributed by atoms with Crippen LogP contribution in [0.1, 0.15) is 17.5 Å². The Balaban J connectivity index is 2.65. The number of carbonyl (C=O) groups is 1. The van der Waals surface area contributed by atoms with E-state index < -0.39 is 5.97 Å². The van der Waals surface area contributed by atoms with Crippen LogP contribution in [0.25, 0.3) is 10.9 Å². The third-order valence-corrected chi connectivity index (χ3v) is 3.48. The van der Waals surface area contributed by atoms with Gasteiger partial charge in [0.1, 0.15) is 5.15 Å². The van der Waals surface area contributed by atoms with Gasteiger partial charge in [-0.25, -0.2) is 14.8 Å². The Labute approximate surface area is 125 Å². The second-order valence-corrected chi connectivity index (χ2v) is 5.47. The molecule has 0 radical (unpaired) electrons. The molecule has 2 rings (SSSR count). The first kappa shape index (κ1) is 13.7. The van der Waals surface area contributed by atoms with Crippen molar-refractivity contribution in [1.82, 2.24) is 9.97 Å². The van der Waals surface area contributed by atoms with Crippen LogP contribution in [-0.4, -0.2) is 22.5 Å². The third-order valence-electron chi connectivity index (χ3n) is 2.13. The molecule has 0 amide bonds. The highest BCUT2D eigenvalue weighted by molar-refractivity contribution is 9.11. The number of carbonyl (C=O) groups excluding carboxylic acids is 1. The number of hydrogen-bond acceptors (Lipinski definition) is 4. The summed E-state index contributed by atoms with van der Waals surface area (Å²) >= 11 is 12.8. The van der Waals surface area contributed by atoms with E-state index in [4.69, 9.17) is 16.3 Å². The quantitative estimate of drug-likeness (QED) is 0.571. The minimum atomic E-state index is -0.587. The zero-order valence-corrected chi connectivity index (χ0v) is 13.1. The van der Waals surface area contributed by atoms with E-state index in [1.54, 1.807) is 13.0 Å². The minimum absolute atomic E-state index is 0.0441. The summed E-state index contributed by atoms with van der Waals surface area (Å²) in [5.41, 5.74) is 0.571. The molecule has 0 saturated carbocycles. The SMILES string of the molecule is CCOC(=O)c1nc(Cl)c2cc(Br)cc(Br)c2n1. The zero-order chi connectivity index (χ0) is 13.3. The smallest absolute Gasteiger partial charge is 0.376 e. The summed E-state index contributed by atoms with van der Waals surface area (Å²) in [6, 6.07) is 3.61. The molecule has 0 aliphatic carbocycles. The maximum Gasteiger partial charge on any atom is 0.376 e. The monoisotopic (exact) mass is 392 g/mol. The number of fused-ring (bicyclic) bond motifs is 1. The van der Waals surface area contributed by atoms with Crippen LogP contribution < -0.4 is 0 Å². The fourth-order valence-electron chi connectivity index (χ4n) is 1.41. The summed E-state index contributed by atoms with van der Waals surface area (Å²) in [7, 11) is 0. The van der Waals surface area contributed by atoms with Crippen LogP contribution in [0, 0.1) is 0 Å². The first-order valence-corrected chi connectivity index (χ1v) is 6.98. The van der Waals surface area contributed by atoms with Gasteiger partial charge in [-0.3, -0.25) is 0 Å². The molecule has 0 aliphatic heterocycles. The Morgan fingerprint density at radius 1 is 1.39 bits per heavy atom. The normalized spacial score (nSPS) is 10.7. The Kier molecular flexibility index (Phi) is 4.19. The number of rotatable bonds is 2. The van der Waals surface area contributed by atoms with Crippen LogP contribution in [0.2, 0.25) is 5.15 Å². The molecule has 1 aromatic carbocycles. The molecule has 0 aliphatic rings. The highest BCUT2D eigenvalue weighted by atomic mass is 79.9. The number of ether oxygens (including phenoxy) is 1. The summed E-state index contributed by atoms with van der Waals surface area (Å²) in [5.74, 6) is -0.631. The van der Waals surface area contributed by atoms with Gasteiger partial charge in [0.05, 0.1) is 12.1 Å². The lowest BCUT2D eigenvalue weighted by molar-refractivity contribution is 0.0512. The van der Waals surface area contributed by atoms with Crippen molar-refractivity contribution in [1.29, 1.82) is 0 Å². The summed E-state index contributed by atoms with van der Waals surface area (Å²) in [5, 5.41) is 0.871. The van der Waals surface area contributed by atoms with Gasteiger partial charge in [-0.1, -0.05) is 27.5 Å². The van der Waals surface area contributed by atoms with Crippen LogP contribution in [0.15, 0.2) is 21.1 Å². The molecule has 0 fully saturated rings. The van der Waals surface area contributed by atoms with Gasteiger partial charge in [0, 0.05) is 14.3 Å². The molecule has 0 atom stereocenters. The van der Waals surface area contributed by atoms with Crippen LogP contribution in [0.5, 0.6) is 0 Å². The van der Waals surface area contributed by atoms with Crippen molar-refractivity contribution in [3.63, 3.8) is 0 Å². The van der Waals surface area contributed by atoms with Crippen molar-refractivity contribution < 1.29 is 9.53 Å². The number of esters is 1. The number of aromatic nitrogens is 2. The van der Waals surface area contributed by atoms with E-state index >= 15 is 0 Å². The van der Waals surface area contributed by atoms with E-state index in [0.29, 0.717) is 10.9 Å². The molecule has 94 valence electrons. The summed E-state index contributed by atoms with van der Waals surface area (Å²) in [6.45, 7) is 1.98. The molecule has 18 heavy (non-hydrogen) atoms. The van der Waals surface area contributed by atoms with Gasteiger partial charge in [0.25, 0.3) is 0 Å². The van der Waals surface area contributed by atoms with Crippen molar-refractivity contribution in [2.45, 2.75) is 6.92 Å². The minimum Gasteiger partial charge on any atom is -0.460 e. The largest absolute Gasteiger partial charge is 0.460 e. The second kappa shape index (κ2) is 5.50. The first-order valence-electron chi connectivity index (χ1n) is 5.02. The maximum atomic E-state index is 11.6. The average molecular weight is 394 g/mol. The van der Waals surface area contributed by atoms with Crippen molar-refractivity contribution in [3.8, 4) is 0 Å². The van der Waals surface area contributed by atoms with E-state index in [1.165, 1.54) is 0 Å². The Morgan fingerprint density at radius 2 is 2.11 bits per heavy atom. The van der Waals surface area contributed by atoms with Gasteiger partial charge < -0.3 is 4.74 Å². The van der Waals surface area contributed by atoms with Gasteiger partial charge in [-0.05, 0) is 35.0 Å². The predicted molar refractivity (Wildman–Crippen MR) is 75.9 cm³/mol. The molecule has 0 saturated heterocycles. The molecule has 4 nitrogen and oxygen atoms in total.